The highest BCUT2D eigenvalue weighted by atomic mass is 127. The van der Waals surface area contributed by atoms with Gasteiger partial charge in [0.1, 0.15) is 0 Å². The van der Waals surface area contributed by atoms with Gasteiger partial charge in [-0.05, 0) is 47.3 Å². The smallest absolute Gasteiger partial charge is 0.328 e. The van der Waals surface area contributed by atoms with Gasteiger partial charge in [-0.1, -0.05) is 6.42 Å². The maximum absolute atomic E-state index is 11.6. The fraction of sp³-hybridized carbons (Fsp3) is 0.636. The van der Waals surface area contributed by atoms with E-state index in [-0.39, 0.29) is 23.8 Å². The number of aliphatic hydroxyl groups excluding tert-OH is 1. The lowest BCUT2D eigenvalue weighted by molar-refractivity contribution is 0.183. The van der Waals surface area contributed by atoms with Crippen molar-refractivity contribution in [1.82, 2.24) is 9.55 Å². The number of hydrogen-bond donors (Lipinski definition) is 2. The third-order valence-corrected chi connectivity index (χ3v) is 4.22. The van der Waals surface area contributed by atoms with Crippen LogP contribution in [0.2, 0.25) is 0 Å². The quantitative estimate of drug-likeness (QED) is 0.782. The normalized spacial score (nSPS) is 24.1. The summed E-state index contributed by atoms with van der Waals surface area (Å²) in [7, 11) is 0. The van der Waals surface area contributed by atoms with Crippen LogP contribution in [-0.2, 0) is 6.54 Å². The Hall–Kier alpha value is -0.630. The van der Waals surface area contributed by atoms with Gasteiger partial charge in [0.25, 0.3) is 5.56 Å². The van der Waals surface area contributed by atoms with Crippen molar-refractivity contribution in [2.45, 2.75) is 25.8 Å². The summed E-state index contributed by atoms with van der Waals surface area (Å²) < 4.78 is 2.06. The molecule has 0 bridgehead atoms. The minimum absolute atomic E-state index is 0.180. The molecule has 0 saturated heterocycles. The zero-order chi connectivity index (χ0) is 12.4. The molecule has 0 amide bonds. The highest BCUT2D eigenvalue weighted by Crippen LogP contribution is 2.32. The minimum Gasteiger partial charge on any atom is -0.396 e. The number of halogens is 1. The zero-order valence-corrected chi connectivity index (χ0v) is 11.5. The van der Waals surface area contributed by atoms with Gasteiger partial charge in [-0.2, -0.15) is 0 Å². The van der Waals surface area contributed by atoms with Gasteiger partial charge in [0, 0.05) is 19.3 Å². The summed E-state index contributed by atoms with van der Waals surface area (Å²) in [5, 5.41) is 9.24. The molecule has 0 aromatic carbocycles. The molecule has 2 rings (SSSR count). The Morgan fingerprint density at radius 2 is 2.12 bits per heavy atom. The van der Waals surface area contributed by atoms with Crippen molar-refractivity contribution in [3.8, 4) is 0 Å². The average molecular weight is 350 g/mol. The highest BCUT2D eigenvalue weighted by molar-refractivity contribution is 14.1. The van der Waals surface area contributed by atoms with Gasteiger partial charge in [-0.15, -0.1) is 0 Å². The van der Waals surface area contributed by atoms with Gasteiger partial charge in [0.05, 0.1) is 3.57 Å². The Balaban J connectivity index is 2.21. The molecule has 0 unspecified atom stereocenters. The number of aromatic amines is 1. The first-order chi connectivity index (χ1) is 8.11. The fourth-order valence-corrected chi connectivity index (χ4v) is 2.94. The largest absolute Gasteiger partial charge is 0.396 e. The van der Waals surface area contributed by atoms with E-state index in [1.54, 1.807) is 10.8 Å². The predicted molar refractivity (Wildman–Crippen MR) is 72.0 cm³/mol. The summed E-state index contributed by atoms with van der Waals surface area (Å²) in [4.78, 5) is 25.1. The summed E-state index contributed by atoms with van der Waals surface area (Å²) in [5.41, 5.74) is -0.698. The third kappa shape index (κ3) is 2.79. The Morgan fingerprint density at radius 3 is 2.82 bits per heavy atom. The molecule has 6 heteroatoms. The van der Waals surface area contributed by atoms with E-state index in [2.05, 4.69) is 4.98 Å². The van der Waals surface area contributed by atoms with Crippen molar-refractivity contribution >= 4 is 22.6 Å². The standard InChI is InChI=1S/C11H15IN2O3/c12-9-5-14(11(17)13-10(9)16)4-7-2-1-3-8(7)6-15/h5,7-8,15H,1-4,6H2,(H,13,16,17)/t7-,8-/m0/s1. The molecule has 2 N–H and O–H groups in total. The maximum atomic E-state index is 11.6. The van der Waals surface area contributed by atoms with E-state index in [4.69, 9.17) is 0 Å². The lowest BCUT2D eigenvalue weighted by atomic mass is 9.97. The van der Waals surface area contributed by atoms with Crippen LogP contribution >= 0.6 is 22.6 Å². The maximum Gasteiger partial charge on any atom is 0.328 e. The SMILES string of the molecule is O=c1[nH]c(=O)n(C[C@@H]2CCC[C@H]2CO)cc1I. The summed E-state index contributed by atoms with van der Waals surface area (Å²) >= 11 is 1.91. The number of nitrogens with zero attached hydrogens (tertiary/aromatic N) is 1. The predicted octanol–water partition coefficient (Wildman–Crippen LogP) is 0.550. The molecule has 1 aliphatic rings. The molecule has 1 aromatic heterocycles. The molecular formula is C11H15IN2O3. The van der Waals surface area contributed by atoms with Crippen molar-refractivity contribution in [2.24, 2.45) is 11.8 Å². The molecule has 94 valence electrons. The van der Waals surface area contributed by atoms with E-state index in [1.165, 1.54) is 0 Å². The van der Waals surface area contributed by atoms with Gasteiger partial charge in [0.15, 0.2) is 0 Å². The summed E-state index contributed by atoms with van der Waals surface area (Å²) in [5.74, 6) is 0.617. The van der Waals surface area contributed by atoms with E-state index in [0.29, 0.717) is 16.0 Å². The van der Waals surface area contributed by atoms with E-state index in [9.17, 15) is 14.7 Å². The van der Waals surface area contributed by atoms with Crippen LogP contribution in [0.1, 0.15) is 19.3 Å². The monoisotopic (exact) mass is 350 g/mol. The van der Waals surface area contributed by atoms with Gasteiger partial charge in [-0.25, -0.2) is 4.79 Å². The molecule has 1 heterocycles. The second-order valence-corrected chi connectivity index (χ2v) is 5.68. The first-order valence-electron chi connectivity index (χ1n) is 5.72. The van der Waals surface area contributed by atoms with Crippen molar-refractivity contribution in [2.75, 3.05) is 6.61 Å². The molecule has 1 aromatic rings. The van der Waals surface area contributed by atoms with E-state index < -0.39 is 0 Å². The van der Waals surface area contributed by atoms with Crippen molar-refractivity contribution in [3.63, 3.8) is 0 Å². The van der Waals surface area contributed by atoms with Crippen molar-refractivity contribution < 1.29 is 5.11 Å². The van der Waals surface area contributed by atoms with Gasteiger partial charge >= 0.3 is 5.69 Å². The molecule has 0 spiro atoms. The highest BCUT2D eigenvalue weighted by Gasteiger charge is 2.27. The second kappa shape index (κ2) is 5.34. The second-order valence-electron chi connectivity index (χ2n) is 4.52. The number of rotatable bonds is 3. The zero-order valence-electron chi connectivity index (χ0n) is 9.36. The molecule has 1 aliphatic carbocycles. The summed E-state index contributed by atoms with van der Waals surface area (Å²) in [6.45, 7) is 0.761. The van der Waals surface area contributed by atoms with E-state index in [1.807, 2.05) is 22.6 Å². The number of H-pyrrole nitrogens is 1. The van der Waals surface area contributed by atoms with Gasteiger partial charge in [0.2, 0.25) is 0 Å². The van der Waals surface area contributed by atoms with Crippen LogP contribution in [-0.4, -0.2) is 21.3 Å². The molecule has 0 radical (unpaired) electrons. The lowest BCUT2D eigenvalue weighted by Crippen LogP contribution is -2.33. The van der Waals surface area contributed by atoms with Crippen LogP contribution < -0.4 is 11.2 Å². The van der Waals surface area contributed by atoms with Gasteiger partial charge in [-0.3, -0.25) is 14.3 Å². The van der Waals surface area contributed by atoms with Crippen LogP contribution in [0.15, 0.2) is 15.8 Å². The molecule has 17 heavy (non-hydrogen) atoms. The fourth-order valence-electron chi connectivity index (χ4n) is 2.47. The van der Waals surface area contributed by atoms with Gasteiger partial charge < -0.3 is 5.11 Å². The van der Waals surface area contributed by atoms with E-state index >= 15 is 0 Å². The Bertz CT molecular complexity index is 508. The van der Waals surface area contributed by atoms with Crippen molar-refractivity contribution in [1.29, 1.82) is 0 Å². The Kier molecular flexibility index (Phi) is 4.03. The van der Waals surface area contributed by atoms with Crippen LogP contribution in [0.25, 0.3) is 0 Å². The Morgan fingerprint density at radius 1 is 1.41 bits per heavy atom. The molecule has 0 aliphatic heterocycles. The first-order valence-corrected chi connectivity index (χ1v) is 6.80. The lowest BCUT2D eigenvalue weighted by Gasteiger charge is -2.18. The number of nitrogens with one attached hydrogen (secondary N) is 1. The van der Waals surface area contributed by atoms with Crippen LogP contribution in [0, 0.1) is 15.4 Å². The number of hydrogen-bond acceptors (Lipinski definition) is 3. The van der Waals surface area contributed by atoms with E-state index in [0.717, 1.165) is 19.3 Å². The topological polar surface area (TPSA) is 75.1 Å². The van der Waals surface area contributed by atoms with Crippen LogP contribution in [0.5, 0.6) is 0 Å². The van der Waals surface area contributed by atoms with Crippen LogP contribution in [0.4, 0.5) is 0 Å². The van der Waals surface area contributed by atoms with Crippen molar-refractivity contribution in [3.05, 3.63) is 30.6 Å². The molecule has 1 fully saturated rings. The summed E-state index contributed by atoms with van der Waals surface area (Å²) in [6.07, 6.45) is 4.75. The molecular weight excluding hydrogens is 335 g/mol. The number of aliphatic hydroxyl groups is 1. The molecule has 1 saturated carbocycles. The minimum atomic E-state index is -0.362. The van der Waals surface area contributed by atoms with Crippen LogP contribution in [0.3, 0.4) is 0 Å². The molecule has 5 nitrogen and oxygen atoms in total. The molecule has 2 atom stereocenters. The Labute approximate surface area is 112 Å². The summed E-state index contributed by atoms with van der Waals surface area (Å²) in [6, 6.07) is 0. The number of aromatic nitrogens is 2. The average Bonchev–Trinajstić information content (AvgIpc) is 2.73. The third-order valence-electron chi connectivity index (χ3n) is 3.45. The first kappa shape index (κ1) is 12.8.